The average molecular weight is 1040 g/mol. The number of hydrogen-bond donors (Lipinski definition) is 2. The van der Waals surface area contributed by atoms with Crippen LogP contribution in [0.2, 0.25) is 0 Å². The standard InChI is InChI=1S/C44H50NO4S12/c1-15-45(16-2)17-18-25-27(52-39(3,4)50-25)20(28-26(18)51-40(5,6)53-28)19(21-29-33(58-41(7,8)54-29)23(37(46)47)34-30(21)55-42(9,10)59-34)22-31-35(60-43(11,12)56-31)24(38(48)49)36-32(22)57-44(13,14)61-36/h15-17H2,1-14H3,(H,46,47)(H,48,49). The monoisotopic (exact) mass is 1040 g/mol. The van der Waals surface area contributed by atoms with E-state index in [0.29, 0.717) is 11.1 Å². The Morgan fingerprint density at radius 1 is 0.377 bits per heavy atom. The van der Waals surface area contributed by atoms with Crippen LogP contribution in [-0.2, 0) is 6.54 Å². The Hall–Kier alpha value is 0.760. The molecule has 0 spiro atoms. The van der Waals surface area contributed by atoms with Crippen LogP contribution >= 0.6 is 141 Å². The first-order chi connectivity index (χ1) is 28.2. The second-order valence-corrected chi connectivity index (χ2v) is 39.5. The SMILES string of the molecule is CCN(CC)Cc1c2c(c([C](c3c4c(c(C(=O)O)c5c3SC(C)(C)S5)SC(C)(C)S4)c3c4c(c(C(=O)O)c5c3SC(C)(C)S5)SC(C)(C)S4)c3c1SC(C)(C)S3)SC(C)(C)S2. The molecule has 6 aliphatic heterocycles. The van der Waals surface area contributed by atoms with Crippen LogP contribution in [0.4, 0.5) is 0 Å². The molecule has 1 radical (unpaired) electrons. The summed E-state index contributed by atoms with van der Waals surface area (Å²) in [6, 6.07) is 0. The molecule has 3 aromatic rings. The van der Waals surface area contributed by atoms with Gasteiger partial charge in [-0.15, -0.1) is 141 Å². The van der Waals surface area contributed by atoms with E-state index in [-0.39, 0.29) is 24.5 Å². The van der Waals surface area contributed by atoms with Crippen LogP contribution in [0.25, 0.3) is 0 Å². The fraction of sp³-hybridized carbons (Fsp3) is 0.523. The molecule has 327 valence electrons. The molecular weight excluding hydrogens is 991 g/mol. The molecule has 0 aromatic heterocycles. The van der Waals surface area contributed by atoms with E-state index in [0.717, 1.165) is 75.8 Å². The molecule has 61 heavy (non-hydrogen) atoms. The highest BCUT2D eigenvalue weighted by atomic mass is 32.2. The third kappa shape index (κ3) is 8.12. The summed E-state index contributed by atoms with van der Waals surface area (Å²) in [6.07, 6.45) is 0. The van der Waals surface area contributed by atoms with Gasteiger partial charge < -0.3 is 10.2 Å². The topological polar surface area (TPSA) is 77.8 Å². The first-order valence-electron chi connectivity index (χ1n) is 20.2. The zero-order valence-electron chi connectivity index (χ0n) is 36.7. The van der Waals surface area contributed by atoms with Gasteiger partial charge >= 0.3 is 11.9 Å². The van der Waals surface area contributed by atoms with E-state index in [1.54, 1.807) is 94.1 Å². The summed E-state index contributed by atoms with van der Waals surface area (Å²) in [5.41, 5.74) is 5.78. The van der Waals surface area contributed by atoms with Gasteiger partial charge in [0.05, 0.1) is 41.5 Å². The maximum absolute atomic E-state index is 13.6. The molecule has 0 saturated heterocycles. The minimum atomic E-state index is -0.878. The van der Waals surface area contributed by atoms with Gasteiger partial charge in [0, 0.05) is 65.3 Å². The largest absolute Gasteiger partial charge is 0.478 e. The number of hydrogen-bond acceptors (Lipinski definition) is 15. The number of rotatable bonds is 9. The third-order valence-corrected chi connectivity index (χ3v) is 27.8. The van der Waals surface area contributed by atoms with E-state index >= 15 is 0 Å². The number of nitrogens with zero attached hydrogens (tertiary/aromatic N) is 1. The van der Waals surface area contributed by atoms with Gasteiger partial charge in [-0.3, -0.25) is 4.90 Å². The van der Waals surface area contributed by atoms with Crippen molar-refractivity contribution in [2.24, 2.45) is 0 Å². The van der Waals surface area contributed by atoms with Gasteiger partial charge in [-0.2, -0.15) is 0 Å². The molecule has 0 saturated carbocycles. The quantitative estimate of drug-likeness (QED) is 0.200. The van der Waals surface area contributed by atoms with E-state index in [2.05, 4.69) is 102 Å². The van der Waals surface area contributed by atoms with Crippen LogP contribution in [0.3, 0.4) is 0 Å². The highest BCUT2D eigenvalue weighted by Crippen LogP contribution is 2.74. The van der Waals surface area contributed by atoms with Gasteiger partial charge in [0.1, 0.15) is 0 Å². The fourth-order valence-electron chi connectivity index (χ4n) is 8.55. The average Bonchev–Trinajstić information content (AvgIpc) is 3.92. The molecule has 9 rings (SSSR count). The van der Waals surface area contributed by atoms with E-state index in [1.165, 1.54) is 30.7 Å². The number of benzene rings is 3. The first kappa shape index (κ1) is 46.9. The minimum Gasteiger partial charge on any atom is -0.478 e. The van der Waals surface area contributed by atoms with E-state index in [4.69, 9.17) is 0 Å². The van der Waals surface area contributed by atoms with Crippen molar-refractivity contribution in [2.75, 3.05) is 13.1 Å². The molecule has 6 aliphatic rings. The highest BCUT2D eigenvalue weighted by molar-refractivity contribution is 8.23. The molecule has 17 heteroatoms. The van der Waals surface area contributed by atoms with Crippen molar-refractivity contribution in [1.29, 1.82) is 0 Å². The van der Waals surface area contributed by atoms with Crippen molar-refractivity contribution < 1.29 is 19.8 Å². The Kier molecular flexibility index (Phi) is 12.0. The van der Waals surface area contributed by atoms with Gasteiger partial charge in [0.2, 0.25) is 0 Å². The summed E-state index contributed by atoms with van der Waals surface area (Å²) >= 11 is 21.9. The smallest absolute Gasteiger partial charge is 0.338 e. The molecule has 0 amide bonds. The molecule has 0 unspecified atom stereocenters. The van der Waals surface area contributed by atoms with Crippen molar-refractivity contribution in [1.82, 2.24) is 4.90 Å². The lowest BCUT2D eigenvalue weighted by atomic mass is 9.83. The molecule has 5 nitrogen and oxygen atoms in total. The highest BCUT2D eigenvalue weighted by Gasteiger charge is 2.53. The summed E-state index contributed by atoms with van der Waals surface area (Å²) in [6.45, 7) is 34.5. The zero-order chi connectivity index (χ0) is 44.3. The lowest BCUT2D eigenvalue weighted by Crippen LogP contribution is -2.23. The number of fused-ring (bicyclic) bond motifs is 6. The van der Waals surface area contributed by atoms with Crippen LogP contribution in [0.5, 0.6) is 0 Å². The molecule has 0 atom stereocenters. The molecule has 2 N–H and O–H groups in total. The lowest BCUT2D eigenvalue weighted by Gasteiger charge is -2.31. The Morgan fingerprint density at radius 3 is 0.787 bits per heavy atom. The third-order valence-electron chi connectivity index (χ3n) is 10.7. The Bertz CT molecular complexity index is 2240. The van der Waals surface area contributed by atoms with Crippen molar-refractivity contribution in [3.05, 3.63) is 39.3 Å². The minimum absolute atomic E-state index is 0.132. The number of aromatic carboxylic acids is 2. The van der Waals surface area contributed by atoms with Crippen LogP contribution in [-0.4, -0.2) is 64.6 Å². The molecule has 6 heterocycles. The normalized spacial score (nSPS) is 22.4. The van der Waals surface area contributed by atoms with Crippen molar-refractivity contribution >= 4 is 153 Å². The Morgan fingerprint density at radius 2 is 0.574 bits per heavy atom. The number of carboxylic acid groups (broad SMARTS) is 2. The fourth-order valence-corrected chi connectivity index (χ4v) is 26.3. The first-order valence-corrected chi connectivity index (χ1v) is 30.0. The summed E-state index contributed by atoms with van der Waals surface area (Å²) < 4.78 is -1.49. The maximum Gasteiger partial charge on any atom is 0.338 e. The molecule has 0 bridgehead atoms. The summed E-state index contributed by atoms with van der Waals surface area (Å²) in [7, 11) is 0. The van der Waals surface area contributed by atoms with Gasteiger partial charge in [0.25, 0.3) is 0 Å². The van der Waals surface area contributed by atoms with Crippen LogP contribution < -0.4 is 0 Å². The van der Waals surface area contributed by atoms with Crippen molar-refractivity contribution in [3.63, 3.8) is 0 Å². The Labute approximate surface area is 412 Å². The number of carbonyl (C=O) groups is 2. The predicted octanol–water partition coefficient (Wildman–Crippen LogP) is 16.5. The number of thioether (sulfide) groups is 12. The second-order valence-electron chi connectivity index (χ2n) is 18.4. The van der Waals surface area contributed by atoms with Crippen LogP contribution in [0.1, 0.15) is 140 Å². The second kappa shape index (κ2) is 15.6. The molecule has 0 fully saturated rings. The summed E-state index contributed by atoms with van der Waals surface area (Å²) in [4.78, 5) is 42.7. The van der Waals surface area contributed by atoms with E-state index in [1.807, 2.05) is 47.0 Å². The van der Waals surface area contributed by atoms with Crippen LogP contribution in [0.15, 0.2) is 58.7 Å². The summed E-state index contributed by atoms with van der Waals surface area (Å²) in [5, 5.41) is 22.3. The van der Waals surface area contributed by atoms with E-state index < -0.39 is 11.9 Å². The molecule has 0 aliphatic carbocycles. The van der Waals surface area contributed by atoms with E-state index in [9.17, 15) is 19.8 Å². The summed E-state index contributed by atoms with van der Waals surface area (Å²) in [5.74, 6) is -0.602. The van der Waals surface area contributed by atoms with Crippen LogP contribution in [0, 0.1) is 5.92 Å². The predicted molar refractivity (Wildman–Crippen MR) is 275 cm³/mol. The van der Waals surface area contributed by atoms with Gasteiger partial charge in [-0.25, -0.2) is 9.59 Å². The Balaban J connectivity index is 1.51. The van der Waals surface area contributed by atoms with Gasteiger partial charge in [-0.1, -0.05) is 13.8 Å². The lowest BCUT2D eigenvalue weighted by molar-refractivity contribution is 0.0677. The van der Waals surface area contributed by atoms with Gasteiger partial charge in [-0.05, 0) is 118 Å². The van der Waals surface area contributed by atoms with Crippen molar-refractivity contribution in [3.8, 4) is 0 Å². The molecule has 3 aromatic carbocycles. The number of carboxylic acids is 2. The maximum atomic E-state index is 13.6. The molecular formula is C44H50NO4S12. The zero-order valence-corrected chi connectivity index (χ0v) is 46.5. The van der Waals surface area contributed by atoms with Gasteiger partial charge in [0.15, 0.2) is 0 Å². The van der Waals surface area contributed by atoms with Crippen molar-refractivity contribution in [2.45, 2.75) is 187 Å².